The second kappa shape index (κ2) is 9.16. The van der Waals surface area contributed by atoms with Crippen LogP contribution in [0.4, 0.5) is 11.4 Å². The molecule has 0 aliphatic rings. The number of carbonyl (C=O) groups excluding carboxylic acids is 2. The molecular formula is C25H22ClN3O3. The Morgan fingerprint density at radius 2 is 1.56 bits per heavy atom. The van der Waals surface area contributed by atoms with E-state index in [-0.39, 0.29) is 11.8 Å². The molecule has 7 heteroatoms. The van der Waals surface area contributed by atoms with Crippen molar-refractivity contribution in [3.63, 3.8) is 0 Å². The van der Waals surface area contributed by atoms with Gasteiger partial charge in [0.2, 0.25) is 0 Å². The van der Waals surface area contributed by atoms with Gasteiger partial charge >= 0.3 is 0 Å². The topological polar surface area (TPSA) is 76.3 Å². The molecule has 32 heavy (non-hydrogen) atoms. The van der Waals surface area contributed by atoms with Crippen LogP contribution in [0.25, 0.3) is 0 Å². The van der Waals surface area contributed by atoms with E-state index in [0.717, 1.165) is 17.1 Å². The second-order valence-corrected chi connectivity index (χ2v) is 7.85. The van der Waals surface area contributed by atoms with E-state index >= 15 is 0 Å². The molecule has 0 unspecified atom stereocenters. The first-order chi connectivity index (χ1) is 15.4. The maximum Gasteiger partial charge on any atom is 0.257 e. The lowest BCUT2D eigenvalue weighted by Crippen LogP contribution is -2.17. The van der Waals surface area contributed by atoms with Crippen molar-refractivity contribution in [2.75, 3.05) is 10.6 Å². The molecule has 4 aromatic rings. The van der Waals surface area contributed by atoms with E-state index in [2.05, 4.69) is 10.6 Å². The van der Waals surface area contributed by atoms with Gasteiger partial charge in [-0.25, -0.2) is 0 Å². The average Bonchev–Trinajstić information content (AvgIpc) is 3.39. The van der Waals surface area contributed by atoms with Crippen LogP contribution in [-0.4, -0.2) is 16.4 Å². The number of benzene rings is 2. The summed E-state index contributed by atoms with van der Waals surface area (Å²) in [6.07, 6.45) is 1.63. The molecule has 0 saturated heterocycles. The van der Waals surface area contributed by atoms with Gasteiger partial charge in [0.05, 0.1) is 29.7 Å². The number of halogens is 1. The fourth-order valence-corrected chi connectivity index (χ4v) is 3.65. The Labute approximate surface area is 190 Å². The van der Waals surface area contributed by atoms with Crippen molar-refractivity contribution in [3.8, 4) is 0 Å². The van der Waals surface area contributed by atoms with Crippen LogP contribution in [0, 0.1) is 13.8 Å². The lowest BCUT2D eigenvalue weighted by molar-refractivity contribution is 0.101. The fourth-order valence-electron chi connectivity index (χ4n) is 3.52. The number of aromatic nitrogens is 1. The molecule has 0 radical (unpaired) electrons. The van der Waals surface area contributed by atoms with Crippen LogP contribution < -0.4 is 10.6 Å². The maximum absolute atomic E-state index is 13.1. The van der Waals surface area contributed by atoms with E-state index < -0.39 is 0 Å². The van der Waals surface area contributed by atoms with Crippen molar-refractivity contribution in [2.24, 2.45) is 0 Å². The Morgan fingerprint density at radius 1 is 0.906 bits per heavy atom. The first kappa shape index (κ1) is 21.5. The highest BCUT2D eigenvalue weighted by molar-refractivity contribution is 6.30. The Bertz CT molecular complexity index is 1260. The van der Waals surface area contributed by atoms with Crippen LogP contribution in [0.2, 0.25) is 5.02 Å². The Morgan fingerprint density at radius 3 is 2.19 bits per heavy atom. The molecule has 2 N–H and O–H groups in total. The lowest BCUT2D eigenvalue weighted by Gasteiger charge is -2.13. The number of amides is 2. The monoisotopic (exact) mass is 447 g/mol. The van der Waals surface area contributed by atoms with Crippen molar-refractivity contribution in [2.45, 2.75) is 20.4 Å². The van der Waals surface area contributed by atoms with Crippen LogP contribution in [0.1, 0.15) is 37.9 Å². The zero-order valence-electron chi connectivity index (χ0n) is 17.7. The van der Waals surface area contributed by atoms with Crippen molar-refractivity contribution in [3.05, 3.63) is 106 Å². The Balaban J connectivity index is 1.53. The highest BCUT2D eigenvalue weighted by Gasteiger charge is 2.18. The van der Waals surface area contributed by atoms with Gasteiger partial charge in [-0.05, 0) is 68.4 Å². The molecule has 0 spiro atoms. The van der Waals surface area contributed by atoms with Crippen LogP contribution >= 0.6 is 11.6 Å². The molecule has 2 amide bonds. The molecule has 0 aliphatic heterocycles. The predicted molar refractivity (Wildman–Crippen MR) is 126 cm³/mol. The molecule has 4 rings (SSSR count). The van der Waals surface area contributed by atoms with Gasteiger partial charge in [0.25, 0.3) is 11.8 Å². The van der Waals surface area contributed by atoms with Gasteiger partial charge in [0.1, 0.15) is 5.76 Å². The zero-order valence-corrected chi connectivity index (χ0v) is 18.4. The molecule has 2 aromatic heterocycles. The summed E-state index contributed by atoms with van der Waals surface area (Å²) in [4.78, 5) is 25.7. The number of rotatable bonds is 6. The van der Waals surface area contributed by atoms with Gasteiger partial charge in [-0.15, -0.1) is 0 Å². The quantitative estimate of drug-likeness (QED) is 0.386. The van der Waals surface area contributed by atoms with Gasteiger partial charge in [-0.2, -0.15) is 0 Å². The van der Waals surface area contributed by atoms with Gasteiger partial charge < -0.3 is 19.6 Å². The van der Waals surface area contributed by atoms with E-state index in [1.165, 1.54) is 0 Å². The molecule has 0 saturated carbocycles. The minimum absolute atomic E-state index is 0.253. The standard InChI is InChI=1S/C25H22ClN3O3/c1-16-14-21(17(2)29(16)15-20-6-5-13-32-20)25(31)28-23-8-4-3-7-22(23)27-24(30)18-9-11-19(26)12-10-18/h3-14H,15H2,1-2H3,(H,27,30)(H,28,31). The van der Waals surface area contributed by atoms with Gasteiger partial charge in [-0.3, -0.25) is 9.59 Å². The van der Waals surface area contributed by atoms with Gasteiger partial charge in [-0.1, -0.05) is 23.7 Å². The van der Waals surface area contributed by atoms with Crippen LogP contribution in [-0.2, 0) is 6.54 Å². The molecule has 0 fully saturated rings. The summed E-state index contributed by atoms with van der Waals surface area (Å²) in [5.41, 5.74) is 3.83. The molecular weight excluding hydrogens is 426 g/mol. The number of carbonyl (C=O) groups is 2. The van der Waals surface area contributed by atoms with Crippen molar-refractivity contribution in [1.82, 2.24) is 4.57 Å². The average molecular weight is 448 g/mol. The molecule has 162 valence electrons. The first-order valence-electron chi connectivity index (χ1n) is 10.1. The minimum Gasteiger partial charge on any atom is -0.467 e. The SMILES string of the molecule is Cc1cc(C(=O)Nc2ccccc2NC(=O)c2ccc(Cl)cc2)c(C)n1Cc1ccco1. The molecule has 6 nitrogen and oxygen atoms in total. The molecule has 0 bridgehead atoms. The number of furan rings is 1. The number of anilines is 2. The highest BCUT2D eigenvalue weighted by atomic mass is 35.5. The van der Waals surface area contributed by atoms with E-state index in [1.807, 2.05) is 36.6 Å². The smallest absolute Gasteiger partial charge is 0.257 e. The van der Waals surface area contributed by atoms with Crippen molar-refractivity contribution < 1.29 is 14.0 Å². The molecule has 2 heterocycles. The second-order valence-electron chi connectivity index (χ2n) is 7.41. The number of hydrogen-bond acceptors (Lipinski definition) is 3. The number of para-hydroxylation sites is 2. The summed E-state index contributed by atoms with van der Waals surface area (Å²) in [7, 11) is 0. The third-order valence-electron chi connectivity index (χ3n) is 5.24. The minimum atomic E-state index is -0.292. The Kier molecular flexibility index (Phi) is 6.14. The van der Waals surface area contributed by atoms with Crippen LogP contribution in [0.3, 0.4) is 0 Å². The third-order valence-corrected chi connectivity index (χ3v) is 5.49. The van der Waals surface area contributed by atoms with Gasteiger partial charge in [0, 0.05) is 22.0 Å². The number of nitrogens with zero attached hydrogens (tertiary/aromatic N) is 1. The van der Waals surface area contributed by atoms with Crippen LogP contribution in [0.5, 0.6) is 0 Å². The summed E-state index contributed by atoms with van der Waals surface area (Å²) in [6.45, 7) is 4.40. The lowest BCUT2D eigenvalue weighted by atomic mass is 10.2. The maximum atomic E-state index is 13.1. The normalized spacial score (nSPS) is 10.7. The third kappa shape index (κ3) is 4.60. The summed E-state index contributed by atoms with van der Waals surface area (Å²) < 4.78 is 7.47. The highest BCUT2D eigenvalue weighted by Crippen LogP contribution is 2.25. The molecule has 2 aromatic carbocycles. The largest absolute Gasteiger partial charge is 0.467 e. The van der Waals surface area contributed by atoms with Crippen molar-refractivity contribution >= 4 is 34.8 Å². The summed E-state index contributed by atoms with van der Waals surface area (Å²) >= 11 is 5.90. The summed E-state index contributed by atoms with van der Waals surface area (Å²) in [5, 5.41) is 6.33. The fraction of sp³-hybridized carbons (Fsp3) is 0.120. The van der Waals surface area contributed by atoms with Crippen molar-refractivity contribution in [1.29, 1.82) is 0 Å². The predicted octanol–water partition coefficient (Wildman–Crippen LogP) is 5.90. The molecule has 0 aliphatic carbocycles. The Hall–Kier alpha value is -3.77. The number of aryl methyl sites for hydroxylation is 1. The van der Waals surface area contributed by atoms with E-state index in [9.17, 15) is 9.59 Å². The molecule has 0 atom stereocenters. The first-order valence-corrected chi connectivity index (χ1v) is 10.5. The summed E-state index contributed by atoms with van der Waals surface area (Å²) in [6, 6.07) is 19.3. The van der Waals surface area contributed by atoms with E-state index in [4.69, 9.17) is 16.0 Å². The van der Waals surface area contributed by atoms with Crippen LogP contribution in [0.15, 0.2) is 77.4 Å². The zero-order chi connectivity index (χ0) is 22.7. The number of nitrogens with one attached hydrogen (secondary N) is 2. The number of hydrogen-bond donors (Lipinski definition) is 2. The van der Waals surface area contributed by atoms with E-state index in [0.29, 0.717) is 34.1 Å². The van der Waals surface area contributed by atoms with Gasteiger partial charge in [0.15, 0.2) is 0 Å². The summed E-state index contributed by atoms with van der Waals surface area (Å²) in [5.74, 6) is 0.269. The van der Waals surface area contributed by atoms with E-state index in [1.54, 1.807) is 54.8 Å².